The van der Waals surface area contributed by atoms with Crippen LogP contribution < -0.4 is 10.1 Å². The van der Waals surface area contributed by atoms with Gasteiger partial charge in [0, 0.05) is 23.7 Å². The van der Waals surface area contributed by atoms with Gasteiger partial charge in [-0.3, -0.25) is 4.79 Å². The van der Waals surface area contributed by atoms with E-state index in [1.54, 1.807) is 31.4 Å². The van der Waals surface area contributed by atoms with Crippen LogP contribution in [0, 0.1) is 5.92 Å². The van der Waals surface area contributed by atoms with E-state index in [0.29, 0.717) is 40.1 Å². The predicted molar refractivity (Wildman–Crippen MR) is 129 cm³/mol. The smallest absolute Gasteiger partial charge is 0.230 e. The number of aromatic nitrogens is 2. The van der Waals surface area contributed by atoms with Crippen LogP contribution in [-0.2, 0) is 20.6 Å². The van der Waals surface area contributed by atoms with Crippen LogP contribution in [0.2, 0.25) is 5.02 Å². The molecule has 1 fully saturated rings. The minimum atomic E-state index is -3.57. The lowest BCUT2D eigenvalue weighted by atomic mass is 9.99. The Morgan fingerprint density at radius 2 is 2.03 bits per heavy atom. The van der Waals surface area contributed by atoms with Gasteiger partial charge in [0.1, 0.15) is 10.8 Å². The first-order valence-electron chi connectivity index (χ1n) is 10.3. The molecular weight excluding hydrogens is 484 g/mol. The number of sulfonamides is 1. The summed E-state index contributed by atoms with van der Waals surface area (Å²) in [4.78, 5) is 12.8. The van der Waals surface area contributed by atoms with Crippen molar-refractivity contribution in [2.24, 2.45) is 5.92 Å². The molecule has 2 aromatic carbocycles. The van der Waals surface area contributed by atoms with Crippen LogP contribution in [0.1, 0.15) is 18.4 Å². The number of rotatable bonds is 7. The fourth-order valence-electron chi connectivity index (χ4n) is 3.67. The number of piperidine rings is 1. The van der Waals surface area contributed by atoms with Gasteiger partial charge in [-0.25, -0.2) is 12.7 Å². The van der Waals surface area contributed by atoms with Gasteiger partial charge >= 0.3 is 0 Å². The van der Waals surface area contributed by atoms with E-state index in [1.807, 2.05) is 24.3 Å². The van der Waals surface area contributed by atoms with E-state index in [4.69, 9.17) is 16.3 Å². The Hall–Kier alpha value is -2.53. The topological polar surface area (TPSA) is 101 Å². The number of nitrogens with one attached hydrogen (secondary N) is 1. The Kier molecular flexibility index (Phi) is 7.28. The Morgan fingerprint density at radius 1 is 1.24 bits per heavy atom. The molecule has 33 heavy (non-hydrogen) atoms. The van der Waals surface area contributed by atoms with Gasteiger partial charge in [0.2, 0.25) is 21.1 Å². The van der Waals surface area contributed by atoms with Gasteiger partial charge in [-0.15, -0.1) is 10.2 Å². The number of methoxy groups -OCH3 is 1. The molecule has 1 N–H and O–H groups in total. The third-order valence-corrected chi connectivity index (χ3v) is 8.32. The maximum Gasteiger partial charge on any atom is 0.230 e. The first-order valence-corrected chi connectivity index (χ1v) is 13.2. The molecule has 0 unspecified atom stereocenters. The van der Waals surface area contributed by atoms with E-state index in [9.17, 15) is 13.2 Å². The van der Waals surface area contributed by atoms with Gasteiger partial charge < -0.3 is 10.1 Å². The second kappa shape index (κ2) is 10.2. The number of carbonyl (C=O) groups is 1. The lowest BCUT2D eigenvalue weighted by Gasteiger charge is -2.31. The molecule has 174 valence electrons. The number of hydrogen-bond acceptors (Lipinski definition) is 7. The molecule has 1 aliphatic heterocycles. The third-order valence-electron chi connectivity index (χ3n) is 5.38. The SMILES string of the molecule is COc1ccc(-c2nnc(NC(=O)[C@H]3CCCN(S(=O)(=O)Cc4cccc(Cl)c4)C3)s2)cc1. The maximum absolute atomic E-state index is 12.9. The minimum Gasteiger partial charge on any atom is -0.497 e. The largest absolute Gasteiger partial charge is 0.497 e. The predicted octanol–water partition coefficient (Wildman–Crippen LogP) is 4.05. The average Bonchev–Trinajstić information content (AvgIpc) is 3.27. The fraction of sp³-hybridized carbons (Fsp3) is 0.318. The lowest BCUT2D eigenvalue weighted by Crippen LogP contribution is -2.44. The summed E-state index contributed by atoms with van der Waals surface area (Å²) < 4.78 is 32.4. The van der Waals surface area contributed by atoms with E-state index in [2.05, 4.69) is 15.5 Å². The standard InChI is InChI=1S/C22H23ClN4O4S2/c1-31-19-9-7-16(8-10-19)21-25-26-22(32-21)24-20(28)17-5-3-11-27(13-17)33(29,30)14-15-4-2-6-18(23)12-15/h2,4,6-10,12,17H,3,5,11,13-14H2,1H3,(H,24,26,28)/t17-/m0/s1. The molecule has 1 amide bonds. The van der Waals surface area contributed by atoms with Crippen molar-refractivity contribution in [2.45, 2.75) is 18.6 Å². The summed E-state index contributed by atoms with van der Waals surface area (Å²) in [5, 5.41) is 12.5. The Labute approximate surface area is 201 Å². The highest BCUT2D eigenvalue weighted by Crippen LogP contribution is 2.29. The summed E-state index contributed by atoms with van der Waals surface area (Å²) in [7, 11) is -1.97. The Bertz CT molecular complexity index is 1230. The van der Waals surface area contributed by atoms with Crippen molar-refractivity contribution in [1.29, 1.82) is 0 Å². The number of halogens is 1. The normalized spacial score (nSPS) is 17.0. The first kappa shape index (κ1) is 23.6. The molecule has 1 aliphatic rings. The van der Waals surface area contributed by atoms with Gasteiger partial charge in [-0.05, 0) is 54.8 Å². The molecule has 0 radical (unpaired) electrons. The number of ether oxygens (including phenoxy) is 1. The summed E-state index contributed by atoms with van der Waals surface area (Å²) in [5.41, 5.74) is 1.48. The summed E-state index contributed by atoms with van der Waals surface area (Å²) in [5.74, 6) is -0.121. The van der Waals surface area contributed by atoms with Crippen molar-refractivity contribution in [3.05, 3.63) is 59.1 Å². The van der Waals surface area contributed by atoms with Crippen molar-refractivity contribution in [3.8, 4) is 16.3 Å². The number of carbonyl (C=O) groups excluding carboxylic acids is 1. The summed E-state index contributed by atoms with van der Waals surface area (Å²) in [6.07, 6.45) is 1.22. The summed E-state index contributed by atoms with van der Waals surface area (Å²) in [6, 6.07) is 14.2. The Balaban J connectivity index is 1.39. The zero-order chi connectivity index (χ0) is 23.4. The van der Waals surface area contributed by atoms with Crippen molar-refractivity contribution in [2.75, 3.05) is 25.5 Å². The van der Waals surface area contributed by atoms with Gasteiger partial charge in [0.15, 0.2) is 0 Å². The molecule has 0 saturated carbocycles. The molecule has 1 aromatic heterocycles. The second-order valence-electron chi connectivity index (χ2n) is 7.71. The maximum atomic E-state index is 12.9. The van der Waals surface area contributed by atoms with Gasteiger partial charge in [-0.1, -0.05) is 35.1 Å². The van der Waals surface area contributed by atoms with Crippen molar-refractivity contribution >= 4 is 44.0 Å². The quantitative estimate of drug-likeness (QED) is 0.518. The second-order valence-corrected chi connectivity index (χ2v) is 11.1. The minimum absolute atomic E-state index is 0.138. The number of anilines is 1. The average molecular weight is 507 g/mol. The highest BCUT2D eigenvalue weighted by Gasteiger charge is 2.32. The third kappa shape index (κ3) is 5.89. The molecule has 0 bridgehead atoms. The van der Waals surface area contributed by atoms with E-state index >= 15 is 0 Å². The lowest BCUT2D eigenvalue weighted by molar-refractivity contribution is -0.120. The van der Waals surface area contributed by atoms with Crippen LogP contribution in [-0.4, -0.2) is 49.0 Å². The fourth-order valence-corrected chi connectivity index (χ4v) is 6.23. The Morgan fingerprint density at radius 3 is 2.76 bits per heavy atom. The van der Waals surface area contributed by atoms with E-state index < -0.39 is 15.9 Å². The molecular formula is C22H23ClN4O4S2. The molecule has 1 atom stereocenters. The molecule has 0 spiro atoms. The zero-order valence-electron chi connectivity index (χ0n) is 17.9. The molecule has 11 heteroatoms. The highest BCUT2D eigenvalue weighted by atomic mass is 35.5. The summed E-state index contributed by atoms with van der Waals surface area (Å²) >= 11 is 7.24. The van der Waals surface area contributed by atoms with Crippen LogP contribution >= 0.6 is 22.9 Å². The molecule has 1 saturated heterocycles. The number of nitrogens with zero attached hydrogens (tertiary/aromatic N) is 3. The monoisotopic (exact) mass is 506 g/mol. The number of hydrogen-bond donors (Lipinski definition) is 1. The van der Waals surface area contributed by atoms with Crippen LogP contribution in [0.15, 0.2) is 48.5 Å². The van der Waals surface area contributed by atoms with Crippen LogP contribution in [0.3, 0.4) is 0 Å². The van der Waals surface area contributed by atoms with Crippen LogP contribution in [0.4, 0.5) is 5.13 Å². The van der Waals surface area contributed by atoms with Crippen LogP contribution in [0.25, 0.3) is 10.6 Å². The highest BCUT2D eigenvalue weighted by molar-refractivity contribution is 7.88. The number of benzene rings is 2. The number of amides is 1. The molecule has 8 nitrogen and oxygen atoms in total. The van der Waals surface area contributed by atoms with E-state index in [1.165, 1.54) is 15.6 Å². The molecule has 0 aliphatic carbocycles. The van der Waals surface area contributed by atoms with Crippen molar-refractivity contribution in [3.63, 3.8) is 0 Å². The van der Waals surface area contributed by atoms with Crippen molar-refractivity contribution < 1.29 is 17.9 Å². The van der Waals surface area contributed by atoms with Gasteiger partial charge in [0.05, 0.1) is 18.8 Å². The van der Waals surface area contributed by atoms with Crippen LogP contribution in [0.5, 0.6) is 5.75 Å². The summed E-state index contributed by atoms with van der Waals surface area (Å²) in [6.45, 7) is 0.534. The van der Waals surface area contributed by atoms with Gasteiger partial charge in [-0.2, -0.15) is 0 Å². The zero-order valence-corrected chi connectivity index (χ0v) is 20.3. The van der Waals surface area contributed by atoms with Crippen molar-refractivity contribution in [1.82, 2.24) is 14.5 Å². The molecule has 3 aromatic rings. The molecule has 4 rings (SSSR count). The van der Waals surface area contributed by atoms with E-state index in [0.717, 1.165) is 11.3 Å². The molecule has 2 heterocycles. The van der Waals surface area contributed by atoms with E-state index in [-0.39, 0.29) is 18.2 Å². The van der Waals surface area contributed by atoms with Gasteiger partial charge in [0.25, 0.3) is 0 Å². The first-order chi connectivity index (χ1) is 15.8.